The molecule has 0 radical (unpaired) electrons. The average molecular weight is 454 g/mol. The van der Waals surface area contributed by atoms with E-state index in [1.165, 1.54) is 17.0 Å². The second-order valence-corrected chi connectivity index (χ2v) is 7.34. The number of ether oxygens (including phenoxy) is 1. The van der Waals surface area contributed by atoms with Crippen LogP contribution in [0.15, 0.2) is 66.7 Å². The molecule has 32 heavy (non-hydrogen) atoms. The number of nitrogens with one attached hydrogen (secondary N) is 1. The third kappa shape index (κ3) is 5.22. The van der Waals surface area contributed by atoms with E-state index in [9.17, 15) is 19.7 Å². The Morgan fingerprint density at radius 2 is 1.81 bits per heavy atom. The van der Waals surface area contributed by atoms with Gasteiger partial charge in [0.2, 0.25) is 0 Å². The highest BCUT2D eigenvalue weighted by Gasteiger charge is 2.20. The molecule has 0 saturated carbocycles. The van der Waals surface area contributed by atoms with Crippen molar-refractivity contribution in [3.05, 3.63) is 98.6 Å². The zero-order chi connectivity index (χ0) is 23.3. The van der Waals surface area contributed by atoms with E-state index < -0.39 is 10.8 Å². The number of carbonyl (C=O) groups excluding carboxylic acids is 2. The van der Waals surface area contributed by atoms with Gasteiger partial charge in [0, 0.05) is 25.7 Å². The lowest BCUT2D eigenvalue weighted by atomic mass is 10.1. The number of carbonyl (C=O) groups is 2. The van der Waals surface area contributed by atoms with Crippen molar-refractivity contribution in [1.82, 2.24) is 4.90 Å². The molecule has 0 aliphatic carbocycles. The van der Waals surface area contributed by atoms with Crippen LogP contribution in [-0.4, -0.2) is 35.8 Å². The maximum absolute atomic E-state index is 13.1. The molecule has 0 spiro atoms. The van der Waals surface area contributed by atoms with Gasteiger partial charge in [-0.05, 0) is 35.9 Å². The number of hydrogen-bond acceptors (Lipinski definition) is 5. The summed E-state index contributed by atoms with van der Waals surface area (Å²) in [7, 11) is 3.23. The first-order valence-corrected chi connectivity index (χ1v) is 9.90. The Morgan fingerprint density at radius 3 is 2.50 bits per heavy atom. The lowest BCUT2D eigenvalue weighted by Gasteiger charge is -2.20. The summed E-state index contributed by atoms with van der Waals surface area (Å²) in [5.74, 6) is -0.185. The van der Waals surface area contributed by atoms with Crippen molar-refractivity contribution >= 4 is 34.8 Å². The fraction of sp³-hybridized carbons (Fsp3) is 0.130. The summed E-state index contributed by atoms with van der Waals surface area (Å²) >= 11 is 6.05. The monoisotopic (exact) mass is 453 g/mol. The number of rotatable bonds is 7. The van der Waals surface area contributed by atoms with Crippen molar-refractivity contribution in [3.63, 3.8) is 0 Å². The van der Waals surface area contributed by atoms with Crippen LogP contribution in [0.3, 0.4) is 0 Å². The number of nitro benzene ring substituents is 1. The van der Waals surface area contributed by atoms with Gasteiger partial charge in [-0.2, -0.15) is 0 Å². The molecule has 0 bridgehead atoms. The Kier molecular flexibility index (Phi) is 7.07. The Morgan fingerprint density at radius 1 is 1.06 bits per heavy atom. The highest BCUT2D eigenvalue weighted by Crippen LogP contribution is 2.25. The summed E-state index contributed by atoms with van der Waals surface area (Å²) in [5.41, 5.74) is 1.32. The van der Waals surface area contributed by atoms with Gasteiger partial charge in [0.1, 0.15) is 5.75 Å². The summed E-state index contributed by atoms with van der Waals surface area (Å²) in [4.78, 5) is 37.6. The highest BCUT2D eigenvalue weighted by molar-refractivity contribution is 6.34. The zero-order valence-corrected chi connectivity index (χ0v) is 18.1. The van der Waals surface area contributed by atoms with Gasteiger partial charge in [0.05, 0.1) is 33.9 Å². The molecular formula is C23H20ClN3O5. The Balaban J connectivity index is 1.80. The van der Waals surface area contributed by atoms with Gasteiger partial charge in [0.25, 0.3) is 17.5 Å². The molecule has 0 aliphatic rings. The Labute approximate surface area is 189 Å². The minimum absolute atomic E-state index is 0.0595. The molecule has 8 nitrogen and oxygen atoms in total. The van der Waals surface area contributed by atoms with E-state index in [2.05, 4.69) is 5.32 Å². The van der Waals surface area contributed by atoms with Crippen molar-refractivity contribution in [2.24, 2.45) is 0 Å². The van der Waals surface area contributed by atoms with Crippen molar-refractivity contribution in [3.8, 4) is 5.75 Å². The molecule has 3 aromatic carbocycles. The molecule has 2 amide bonds. The summed E-state index contributed by atoms with van der Waals surface area (Å²) < 4.78 is 5.22. The molecule has 0 heterocycles. The topological polar surface area (TPSA) is 102 Å². The van der Waals surface area contributed by atoms with Crippen LogP contribution < -0.4 is 10.1 Å². The Bertz CT molecular complexity index is 1180. The van der Waals surface area contributed by atoms with E-state index in [0.717, 1.165) is 11.6 Å². The maximum Gasteiger partial charge on any atom is 0.270 e. The summed E-state index contributed by atoms with van der Waals surface area (Å²) in [6.07, 6.45) is 0. The molecule has 9 heteroatoms. The average Bonchev–Trinajstić information content (AvgIpc) is 2.78. The van der Waals surface area contributed by atoms with Crippen LogP contribution in [-0.2, 0) is 6.54 Å². The number of benzene rings is 3. The maximum atomic E-state index is 13.1. The minimum atomic E-state index is -0.598. The van der Waals surface area contributed by atoms with Crippen LogP contribution in [0.25, 0.3) is 0 Å². The number of hydrogen-bond donors (Lipinski definition) is 1. The minimum Gasteiger partial charge on any atom is -0.497 e. The highest BCUT2D eigenvalue weighted by atomic mass is 35.5. The van der Waals surface area contributed by atoms with Gasteiger partial charge >= 0.3 is 0 Å². The number of nitrogens with zero attached hydrogens (tertiary/aromatic N) is 2. The van der Waals surface area contributed by atoms with E-state index in [1.807, 2.05) is 24.3 Å². The number of anilines is 1. The first-order valence-electron chi connectivity index (χ1n) is 9.53. The quantitative estimate of drug-likeness (QED) is 0.409. The normalized spacial score (nSPS) is 10.3. The van der Waals surface area contributed by atoms with E-state index in [1.54, 1.807) is 38.4 Å². The Hall–Kier alpha value is -3.91. The molecule has 0 saturated heterocycles. The van der Waals surface area contributed by atoms with Gasteiger partial charge in [-0.1, -0.05) is 35.9 Å². The second-order valence-electron chi connectivity index (χ2n) is 6.93. The first kappa shape index (κ1) is 22.8. The summed E-state index contributed by atoms with van der Waals surface area (Å²) in [6, 6.07) is 17.6. The van der Waals surface area contributed by atoms with Gasteiger partial charge in [-0.25, -0.2) is 0 Å². The van der Waals surface area contributed by atoms with E-state index >= 15 is 0 Å². The van der Waals surface area contributed by atoms with Crippen molar-refractivity contribution in [2.45, 2.75) is 6.54 Å². The van der Waals surface area contributed by atoms with Gasteiger partial charge in [-0.3, -0.25) is 19.7 Å². The lowest BCUT2D eigenvalue weighted by Crippen LogP contribution is -2.27. The van der Waals surface area contributed by atoms with Crippen molar-refractivity contribution in [1.29, 1.82) is 0 Å². The summed E-state index contributed by atoms with van der Waals surface area (Å²) in [6.45, 7) is 0.340. The van der Waals surface area contributed by atoms with Crippen LogP contribution in [0.2, 0.25) is 5.02 Å². The molecule has 1 N–H and O–H groups in total. The van der Waals surface area contributed by atoms with E-state index in [4.69, 9.17) is 16.3 Å². The molecule has 3 aromatic rings. The van der Waals surface area contributed by atoms with Crippen LogP contribution >= 0.6 is 11.6 Å². The third-order valence-electron chi connectivity index (χ3n) is 4.71. The number of amides is 2. The molecule has 0 aliphatic heterocycles. The van der Waals surface area contributed by atoms with Crippen molar-refractivity contribution in [2.75, 3.05) is 19.5 Å². The molecule has 0 fully saturated rings. The fourth-order valence-corrected chi connectivity index (χ4v) is 3.35. The molecule has 164 valence electrons. The number of para-hydroxylation sites is 1. The molecule has 0 aromatic heterocycles. The lowest BCUT2D eigenvalue weighted by molar-refractivity contribution is -0.384. The molecule has 0 unspecified atom stereocenters. The molecule has 0 atom stereocenters. The molecular weight excluding hydrogens is 434 g/mol. The van der Waals surface area contributed by atoms with Crippen molar-refractivity contribution < 1.29 is 19.2 Å². The number of non-ortho nitro benzene ring substituents is 1. The van der Waals surface area contributed by atoms with E-state index in [-0.39, 0.29) is 22.2 Å². The standard InChI is InChI=1S/C23H20ClN3O5/c1-26(14-15-6-5-7-17(12-15)32-2)23(29)19-8-3-4-9-21(19)25-22(28)18-11-10-16(27(30)31)13-20(18)24/h3-13H,14H2,1-2H3,(H,25,28). The van der Waals surface area contributed by atoms with Crippen LogP contribution in [0.5, 0.6) is 5.75 Å². The third-order valence-corrected chi connectivity index (χ3v) is 5.03. The fourth-order valence-electron chi connectivity index (χ4n) is 3.09. The van der Waals surface area contributed by atoms with E-state index in [0.29, 0.717) is 23.5 Å². The summed E-state index contributed by atoms with van der Waals surface area (Å²) in [5, 5.41) is 13.5. The van der Waals surface area contributed by atoms with Gasteiger partial charge in [-0.15, -0.1) is 0 Å². The van der Waals surface area contributed by atoms with Gasteiger partial charge in [0.15, 0.2) is 0 Å². The number of nitro groups is 1. The molecule has 3 rings (SSSR count). The number of methoxy groups -OCH3 is 1. The number of halogens is 1. The first-order chi connectivity index (χ1) is 15.3. The second kappa shape index (κ2) is 9.93. The smallest absolute Gasteiger partial charge is 0.270 e. The zero-order valence-electron chi connectivity index (χ0n) is 17.4. The predicted octanol–water partition coefficient (Wildman–Crippen LogP) is 4.78. The van der Waals surface area contributed by atoms with Crippen LogP contribution in [0, 0.1) is 10.1 Å². The largest absolute Gasteiger partial charge is 0.497 e. The van der Waals surface area contributed by atoms with Gasteiger partial charge < -0.3 is 15.0 Å². The SMILES string of the molecule is COc1cccc(CN(C)C(=O)c2ccccc2NC(=O)c2ccc([N+](=O)[O-])cc2Cl)c1. The van der Waals surface area contributed by atoms with Crippen LogP contribution in [0.4, 0.5) is 11.4 Å². The predicted molar refractivity (Wildman–Crippen MR) is 121 cm³/mol. The van der Waals surface area contributed by atoms with Crippen LogP contribution in [0.1, 0.15) is 26.3 Å².